The molecule has 1 N–H and O–H groups in total. The van der Waals surface area contributed by atoms with E-state index in [-0.39, 0.29) is 6.42 Å². The Morgan fingerprint density at radius 3 is 2.27 bits per heavy atom. The molecule has 0 fully saturated rings. The molecule has 3 nitrogen and oxygen atoms in total. The Balaban J connectivity index is 4.82. The van der Waals surface area contributed by atoms with Crippen LogP contribution in [-0.2, 0) is 9.84 Å². The Hall–Kier alpha value is -0.610. The van der Waals surface area contributed by atoms with E-state index in [1.165, 1.54) is 13.0 Å². The molecule has 1 atom stereocenters. The molecule has 0 amide bonds. The van der Waals surface area contributed by atoms with E-state index in [0.717, 1.165) is 5.41 Å². The first-order chi connectivity index (χ1) is 4.87. The lowest BCUT2D eigenvalue weighted by Gasteiger charge is -2.18. The predicted molar refractivity (Wildman–Crippen MR) is 44.6 cm³/mol. The molecule has 0 saturated carbocycles. The molecule has 0 rings (SSSR count). The molecule has 0 aromatic rings. The third-order valence-electron chi connectivity index (χ3n) is 1.36. The average molecular weight is 176 g/mol. The molecule has 0 heterocycles. The van der Waals surface area contributed by atoms with Gasteiger partial charge in [-0.3, -0.25) is 0 Å². The van der Waals surface area contributed by atoms with Crippen molar-refractivity contribution < 1.29 is 13.5 Å². The van der Waals surface area contributed by atoms with Crippen LogP contribution in [0, 0.1) is 0 Å². The van der Waals surface area contributed by atoms with Crippen LogP contribution in [0.3, 0.4) is 0 Å². The van der Waals surface area contributed by atoms with E-state index in [1.54, 1.807) is 0 Å². The van der Waals surface area contributed by atoms with E-state index in [2.05, 4.69) is 13.2 Å². The van der Waals surface area contributed by atoms with Crippen molar-refractivity contribution in [3.8, 4) is 0 Å². The van der Waals surface area contributed by atoms with Gasteiger partial charge >= 0.3 is 0 Å². The van der Waals surface area contributed by atoms with Crippen molar-refractivity contribution in [1.29, 1.82) is 0 Å². The Bertz CT molecular complexity index is 249. The maximum absolute atomic E-state index is 11.0. The summed E-state index contributed by atoms with van der Waals surface area (Å²) in [6, 6.07) is 0. The third kappa shape index (κ3) is 2.17. The van der Waals surface area contributed by atoms with E-state index in [1.807, 2.05) is 0 Å². The zero-order chi connectivity index (χ0) is 9.12. The van der Waals surface area contributed by atoms with Gasteiger partial charge in [-0.15, -0.1) is 6.58 Å². The van der Waals surface area contributed by atoms with Gasteiger partial charge in [-0.05, 0) is 6.92 Å². The molecule has 0 bridgehead atoms. The molecule has 0 saturated heterocycles. The monoisotopic (exact) mass is 176 g/mol. The minimum Gasteiger partial charge on any atom is -0.374 e. The molecule has 11 heavy (non-hydrogen) atoms. The van der Waals surface area contributed by atoms with Crippen LogP contribution in [0.4, 0.5) is 0 Å². The van der Waals surface area contributed by atoms with Gasteiger partial charge in [0.15, 0.2) is 14.8 Å². The molecule has 0 spiro atoms. The highest BCUT2D eigenvalue weighted by Crippen LogP contribution is 2.19. The minimum absolute atomic E-state index is 0.00134. The average Bonchev–Trinajstić information content (AvgIpc) is 1.87. The number of sulfone groups is 1. The topological polar surface area (TPSA) is 54.4 Å². The molecule has 0 aromatic heterocycles. The molecule has 0 radical (unpaired) electrons. The Kier molecular flexibility index (Phi) is 3.02. The van der Waals surface area contributed by atoms with Gasteiger partial charge in [0, 0.05) is 11.8 Å². The fourth-order valence-electron chi connectivity index (χ4n) is 0.563. The van der Waals surface area contributed by atoms with Gasteiger partial charge in [0.1, 0.15) is 0 Å². The first-order valence-corrected chi connectivity index (χ1v) is 4.62. The lowest BCUT2D eigenvalue weighted by Crippen LogP contribution is -2.32. The summed E-state index contributed by atoms with van der Waals surface area (Å²) in [6.45, 7) is 7.65. The standard InChI is InChI=1S/C7H12O3S/c1-4-6-7(3,8)11(9,10)5-2/h4-5,8H,1-2,6H2,3H3. The summed E-state index contributed by atoms with van der Waals surface area (Å²) < 4.78 is 22.0. The lowest BCUT2D eigenvalue weighted by atomic mass is 10.3. The van der Waals surface area contributed by atoms with Crippen LogP contribution in [0.5, 0.6) is 0 Å². The summed E-state index contributed by atoms with van der Waals surface area (Å²) >= 11 is 0. The summed E-state index contributed by atoms with van der Waals surface area (Å²) in [4.78, 5) is -1.77. The van der Waals surface area contributed by atoms with Crippen LogP contribution in [0.1, 0.15) is 13.3 Å². The first kappa shape index (κ1) is 10.4. The van der Waals surface area contributed by atoms with Crippen molar-refractivity contribution in [3.63, 3.8) is 0 Å². The van der Waals surface area contributed by atoms with E-state index < -0.39 is 14.8 Å². The first-order valence-electron chi connectivity index (χ1n) is 3.08. The van der Waals surface area contributed by atoms with Gasteiger partial charge in [0.25, 0.3) is 0 Å². The summed E-state index contributed by atoms with van der Waals surface area (Å²) in [6.07, 6.45) is 1.35. The van der Waals surface area contributed by atoms with Crippen molar-refractivity contribution in [2.75, 3.05) is 0 Å². The SMILES string of the molecule is C=CCC(C)(O)S(=O)(=O)C=C. The summed E-state index contributed by atoms with van der Waals surface area (Å²) in [5, 5.41) is 10.1. The number of rotatable bonds is 4. The van der Waals surface area contributed by atoms with Crippen LogP contribution in [-0.4, -0.2) is 18.5 Å². The molecule has 0 aromatic carbocycles. The lowest BCUT2D eigenvalue weighted by molar-refractivity contribution is 0.149. The fourth-order valence-corrected chi connectivity index (χ4v) is 1.27. The normalized spacial score (nSPS) is 16.9. The molecule has 0 aliphatic heterocycles. The highest BCUT2D eigenvalue weighted by Gasteiger charge is 2.32. The van der Waals surface area contributed by atoms with Gasteiger partial charge in [-0.25, -0.2) is 8.42 Å². The summed E-state index contributed by atoms with van der Waals surface area (Å²) in [5.74, 6) is 0. The van der Waals surface area contributed by atoms with Crippen LogP contribution in [0.15, 0.2) is 24.6 Å². The van der Waals surface area contributed by atoms with Gasteiger partial charge in [-0.2, -0.15) is 0 Å². The molecular weight excluding hydrogens is 164 g/mol. The van der Waals surface area contributed by atoms with Crippen LogP contribution < -0.4 is 0 Å². The van der Waals surface area contributed by atoms with Gasteiger partial charge in [-0.1, -0.05) is 12.7 Å². The maximum atomic E-state index is 11.0. The Morgan fingerprint density at radius 1 is 1.55 bits per heavy atom. The second kappa shape index (κ2) is 3.19. The van der Waals surface area contributed by atoms with E-state index in [0.29, 0.717) is 0 Å². The van der Waals surface area contributed by atoms with E-state index >= 15 is 0 Å². The quantitative estimate of drug-likeness (QED) is 0.645. The minimum atomic E-state index is -3.61. The summed E-state index contributed by atoms with van der Waals surface area (Å²) in [7, 11) is -3.61. The highest BCUT2D eigenvalue weighted by molar-refractivity contribution is 7.95. The maximum Gasteiger partial charge on any atom is 0.200 e. The molecule has 4 heteroatoms. The Morgan fingerprint density at radius 2 is 2.00 bits per heavy atom. The largest absolute Gasteiger partial charge is 0.374 e. The number of aliphatic hydroxyl groups is 1. The predicted octanol–water partition coefficient (Wildman–Crippen LogP) is 0.829. The summed E-state index contributed by atoms with van der Waals surface area (Å²) in [5.41, 5.74) is 0. The zero-order valence-corrected chi connectivity index (χ0v) is 7.26. The van der Waals surface area contributed by atoms with E-state index in [4.69, 9.17) is 0 Å². The zero-order valence-electron chi connectivity index (χ0n) is 6.45. The molecule has 1 unspecified atom stereocenters. The molecular formula is C7H12O3S. The Labute approximate surface area is 67.0 Å². The molecule has 64 valence electrons. The third-order valence-corrected chi connectivity index (χ3v) is 3.19. The number of hydrogen-bond acceptors (Lipinski definition) is 3. The second-order valence-corrected chi connectivity index (χ2v) is 4.68. The van der Waals surface area contributed by atoms with Gasteiger partial charge < -0.3 is 5.11 Å². The van der Waals surface area contributed by atoms with Gasteiger partial charge in [0.05, 0.1) is 0 Å². The molecule has 0 aliphatic carbocycles. The smallest absolute Gasteiger partial charge is 0.200 e. The van der Waals surface area contributed by atoms with Crippen molar-refractivity contribution in [3.05, 3.63) is 24.6 Å². The van der Waals surface area contributed by atoms with Crippen LogP contribution >= 0.6 is 0 Å². The highest BCUT2D eigenvalue weighted by atomic mass is 32.2. The van der Waals surface area contributed by atoms with Crippen molar-refractivity contribution in [1.82, 2.24) is 0 Å². The van der Waals surface area contributed by atoms with Gasteiger partial charge in [0.2, 0.25) is 0 Å². The fraction of sp³-hybridized carbons (Fsp3) is 0.429. The molecule has 0 aliphatic rings. The van der Waals surface area contributed by atoms with E-state index in [9.17, 15) is 13.5 Å². The van der Waals surface area contributed by atoms with Crippen molar-refractivity contribution in [2.45, 2.75) is 18.3 Å². The van der Waals surface area contributed by atoms with Crippen LogP contribution in [0.25, 0.3) is 0 Å². The van der Waals surface area contributed by atoms with Crippen molar-refractivity contribution >= 4 is 9.84 Å². The van der Waals surface area contributed by atoms with Crippen LogP contribution in [0.2, 0.25) is 0 Å². The number of hydrogen-bond donors (Lipinski definition) is 1. The van der Waals surface area contributed by atoms with Crippen molar-refractivity contribution in [2.24, 2.45) is 0 Å². The second-order valence-electron chi connectivity index (χ2n) is 2.38.